The van der Waals surface area contributed by atoms with Crippen LogP contribution in [0.5, 0.6) is 0 Å². The Morgan fingerprint density at radius 1 is 1.06 bits per heavy atom. The topological polar surface area (TPSA) is 68.8 Å². The summed E-state index contributed by atoms with van der Waals surface area (Å²) < 4.78 is 13.5. The summed E-state index contributed by atoms with van der Waals surface area (Å²) in [6.45, 7) is 2.47. The van der Waals surface area contributed by atoms with E-state index in [-0.39, 0.29) is 11.7 Å². The highest BCUT2D eigenvalue weighted by Gasteiger charge is 2.08. The highest BCUT2D eigenvalue weighted by atomic mass is 32.2. The first kappa shape index (κ1) is 24.7. The number of hydrogen-bond donors (Lipinski definition) is 3. The van der Waals surface area contributed by atoms with Gasteiger partial charge in [-0.15, -0.1) is 0 Å². The first-order valence-corrected chi connectivity index (χ1v) is 11.5. The standard InChI is InChI=1S/C23H32FN5OS/c1-25-23(28-15-19-8-9-21(24)13-20(19)16-31-4)27-14-17-6-5-7-18(12-17)22(30)26-10-11-29(2)3/h5-9,12-13H,10-11,14-16H2,1-4H3,(H,26,30)(H2,25,27,28). The third-order valence-electron chi connectivity index (χ3n) is 4.63. The third-order valence-corrected chi connectivity index (χ3v) is 5.23. The van der Waals surface area contributed by atoms with E-state index in [0.29, 0.717) is 31.2 Å². The predicted molar refractivity (Wildman–Crippen MR) is 128 cm³/mol. The molecule has 0 fully saturated rings. The van der Waals surface area contributed by atoms with Crippen molar-refractivity contribution in [2.75, 3.05) is 40.5 Å². The van der Waals surface area contributed by atoms with Gasteiger partial charge in [0, 0.05) is 44.5 Å². The molecule has 8 heteroatoms. The Labute approximate surface area is 188 Å². The predicted octanol–water partition coefficient (Wildman–Crippen LogP) is 2.85. The summed E-state index contributed by atoms with van der Waals surface area (Å²) >= 11 is 1.66. The fourth-order valence-corrected chi connectivity index (χ4v) is 3.54. The Morgan fingerprint density at radius 2 is 1.84 bits per heavy atom. The number of amides is 1. The molecule has 2 aromatic rings. The van der Waals surface area contributed by atoms with Gasteiger partial charge in [0.2, 0.25) is 0 Å². The molecule has 0 aliphatic rings. The molecule has 0 aliphatic heterocycles. The number of thioether (sulfide) groups is 1. The van der Waals surface area contributed by atoms with Crippen molar-refractivity contribution in [1.82, 2.24) is 20.9 Å². The van der Waals surface area contributed by atoms with E-state index in [1.807, 2.05) is 49.5 Å². The number of aliphatic imine (C=N–C) groups is 1. The Bertz CT molecular complexity index is 888. The van der Waals surface area contributed by atoms with Crippen LogP contribution in [0.15, 0.2) is 47.5 Å². The zero-order chi connectivity index (χ0) is 22.6. The number of likely N-dealkylation sites (N-methyl/N-ethyl adjacent to an activating group) is 1. The van der Waals surface area contributed by atoms with E-state index in [1.165, 1.54) is 6.07 Å². The molecule has 31 heavy (non-hydrogen) atoms. The second-order valence-electron chi connectivity index (χ2n) is 7.38. The molecule has 0 saturated carbocycles. The van der Waals surface area contributed by atoms with Gasteiger partial charge in [0.25, 0.3) is 5.91 Å². The van der Waals surface area contributed by atoms with Crippen molar-refractivity contribution in [2.45, 2.75) is 18.8 Å². The molecule has 6 nitrogen and oxygen atoms in total. The average molecular weight is 446 g/mol. The maximum absolute atomic E-state index is 13.5. The second kappa shape index (κ2) is 13.0. The summed E-state index contributed by atoms with van der Waals surface area (Å²) in [6, 6.07) is 12.4. The van der Waals surface area contributed by atoms with Crippen LogP contribution in [0, 0.1) is 5.82 Å². The van der Waals surface area contributed by atoms with Gasteiger partial charge in [-0.05, 0) is 61.3 Å². The molecule has 1 amide bonds. The summed E-state index contributed by atoms with van der Waals surface area (Å²) in [7, 11) is 5.65. The van der Waals surface area contributed by atoms with Gasteiger partial charge in [0.1, 0.15) is 5.82 Å². The minimum atomic E-state index is -0.221. The van der Waals surface area contributed by atoms with Crippen LogP contribution in [-0.4, -0.2) is 57.3 Å². The molecule has 2 rings (SSSR count). The first-order chi connectivity index (χ1) is 14.9. The molecule has 0 aromatic heterocycles. The van der Waals surface area contributed by atoms with Crippen LogP contribution in [0.2, 0.25) is 0 Å². The molecule has 0 radical (unpaired) electrons. The van der Waals surface area contributed by atoms with Crippen molar-refractivity contribution >= 4 is 23.6 Å². The lowest BCUT2D eigenvalue weighted by molar-refractivity contribution is 0.0951. The SMILES string of the molecule is CN=C(NCc1cccc(C(=O)NCCN(C)C)c1)NCc1ccc(F)cc1CSC. The van der Waals surface area contributed by atoms with E-state index in [1.54, 1.807) is 30.9 Å². The number of halogens is 1. The summed E-state index contributed by atoms with van der Waals surface area (Å²) in [6.07, 6.45) is 2.00. The minimum Gasteiger partial charge on any atom is -0.352 e. The number of carbonyl (C=O) groups excluding carboxylic acids is 1. The molecular formula is C23H32FN5OS. The number of nitrogens with one attached hydrogen (secondary N) is 3. The van der Waals surface area contributed by atoms with E-state index < -0.39 is 0 Å². The molecule has 168 valence electrons. The molecule has 0 bridgehead atoms. The van der Waals surface area contributed by atoms with Crippen LogP contribution in [-0.2, 0) is 18.8 Å². The molecule has 0 heterocycles. The lowest BCUT2D eigenvalue weighted by Crippen LogP contribution is -2.36. The summed E-state index contributed by atoms with van der Waals surface area (Å²) in [5, 5.41) is 9.46. The number of hydrogen-bond acceptors (Lipinski definition) is 4. The number of benzene rings is 2. The monoisotopic (exact) mass is 445 g/mol. The second-order valence-corrected chi connectivity index (χ2v) is 8.25. The van der Waals surface area contributed by atoms with Gasteiger partial charge in [0.05, 0.1) is 0 Å². The van der Waals surface area contributed by atoms with Gasteiger partial charge in [-0.2, -0.15) is 11.8 Å². The van der Waals surface area contributed by atoms with Crippen LogP contribution in [0.3, 0.4) is 0 Å². The number of rotatable bonds is 10. The minimum absolute atomic E-state index is 0.0798. The largest absolute Gasteiger partial charge is 0.352 e. The maximum Gasteiger partial charge on any atom is 0.251 e. The summed E-state index contributed by atoms with van der Waals surface area (Å²) in [4.78, 5) is 18.6. The zero-order valence-electron chi connectivity index (χ0n) is 18.7. The molecular weight excluding hydrogens is 413 g/mol. The van der Waals surface area contributed by atoms with Crippen molar-refractivity contribution in [3.8, 4) is 0 Å². The van der Waals surface area contributed by atoms with Crippen molar-refractivity contribution < 1.29 is 9.18 Å². The zero-order valence-corrected chi connectivity index (χ0v) is 19.5. The first-order valence-electron chi connectivity index (χ1n) is 10.2. The van der Waals surface area contributed by atoms with Crippen molar-refractivity contribution in [2.24, 2.45) is 4.99 Å². The number of guanidine groups is 1. The van der Waals surface area contributed by atoms with Crippen molar-refractivity contribution in [3.63, 3.8) is 0 Å². The Hall–Kier alpha value is -2.58. The molecule has 0 unspecified atom stereocenters. The Kier molecular flexibility index (Phi) is 10.3. The lowest BCUT2D eigenvalue weighted by Gasteiger charge is -2.15. The number of nitrogens with zero attached hydrogens (tertiary/aromatic N) is 2. The maximum atomic E-state index is 13.5. The van der Waals surface area contributed by atoms with E-state index >= 15 is 0 Å². The van der Waals surface area contributed by atoms with E-state index in [4.69, 9.17) is 0 Å². The molecule has 2 aromatic carbocycles. The van der Waals surface area contributed by atoms with Gasteiger partial charge in [0.15, 0.2) is 5.96 Å². The highest BCUT2D eigenvalue weighted by molar-refractivity contribution is 7.97. The van der Waals surface area contributed by atoms with Crippen LogP contribution < -0.4 is 16.0 Å². The van der Waals surface area contributed by atoms with E-state index in [2.05, 4.69) is 20.9 Å². The lowest BCUT2D eigenvalue weighted by atomic mass is 10.1. The van der Waals surface area contributed by atoms with Crippen molar-refractivity contribution in [3.05, 3.63) is 70.5 Å². The van der Waals surface area contributed by atoms with Gasteiger partial charge in [-0.3, -0.25) is 9.79 Å². The van der Waals surface area contributed by atoms with Gasteiger partial charge < -0.3 is 20.9 Å². The van der Waals surface area contributed by atoms with E-state index in [9.17, 15) is 9.18 Å². The van der Waals surface area contributed by atoms with Crippen LogP contribution in [0.4, 0.5) is 4.39 Å². The van der Waals surface area contributed by atoms with Crippen molar-refractivity contribution in [1.29, 1.82) is 0 Å². The van der Waals surface area contributed by atoms with Gasteiger partial charge in [-0.1, -0.05) is 18.2 Å². The average Bonchev–Trinajstić information content (AvgIpc) is 2.75. The number of carbonyl (C=O) groups is 1. The Balaban J connectivity index is 1.91. The van der Waals surface area contributed by atoms with Crippen LogP contribution >= 0.6 is 11.8 Å². The third kappa shape index (κ3) is 8.59. The van der Waals surface area contributed by atoms with Gasteiger partial charge in [-0.25, -0.2) is 4.39 Å². The van der Waals surface area contributed by atoms with Crippen LogP contribution in [0.1, 0.15) is 27.0 Å². The van der Waals surface area contributed by atoms with Gasteiger partial charge >= 0.3 is 0 Å². The normalized spacial score (nSPS) is 11.5. The fraction of sp³-hybridized carbons (Fsp3) is 0.391. The summed E-state index contributed by atoms with van der Waals surface area (Å²) in [5.74, 6) is 1.09. The molecule has 3 N–H and O–H groups in total. The molecule has 0 atom stereocenters. The molecule has 0 saturated heterocycles. The van der Waals surface area contributed by atoms with E-state index in [0.717, 1.165) is 29.0 Å². The fourth-order valence-electron chi connectivity index (χ4n) is 2.96. The smallest absolute Gasteiger partial charge is 0.251 e. The highest BCUT2D eigenvalue weighted by Crippen LogP contribution is 2.16. The van der Waals surface area contributed by atoms with Crippen LogP contribution in [0.25, 0.3) is 0 Å². The quantitative estimate of drug-likeness (QED) is 0.388. The Morgan fingerprint density at radius 3 is 2.55 bits per heavy atom. The summed E-state index contributed by atoms with van der Waals surface area (Å²) in [5.41, 5.74) is 3.63. The molecule has 0 aliphatic carbocycles. The molecule has 0 spiro atoms.